The second-order valence-electron chi connectivity index (χ2n) is 12.6. The van der Waals surface area contributed by atoms with Gasteiger partial charge in [-0.25, -0.2) is 9.37 Å². The van der Waals surface area contributed by atoms with Gasteiger partial charge in [0.25, 0.3) is 0 Å². The standard InChI is InChI=1S/C33H39BrFN10O2P/c1-43(2)28-9-12-45(19-24(28)35)18-20-13-29(47-4)27(14-22(20)21-15-39-44(3)17-21)41-33-38-16-23(34)32(42-33)40-26-8-7-25-30(37-11-10-36-25)31(26)48(5,6)46/h7-8,10-11,13-17,24,28H,9,12,18-19H2,1-6H3,(H2,38,40,41,42). The molecule has 0 aliphatic carbocycles. The van der Waals surface area contributed by atoms with E-state index >= 15 is 4.39 Å². The van der Waals surface area contributed by atoms with E-state index in [9.17, 15) is 4.57 Å². The van der Waals surface area contributed by atoms with Crippen LogP contribution < -0.4 is 20.7 Å². The Morgan fingerprint density at radius 1 is 1.10 bits per heavy atom. The van der Waals surface area contributed by atoms with Gasteiger partial charge in [0.2, 0.25) is 5.95 Å². The number of aromatic nitrogens is 6. The summed E-state index contributed by atoms with van der Waals surface area (Å²) in [6.07, 6.45) is 8.44. The predicted octanol–water partition coefficient (Wildman–Crippen LogP) is 5.80. The summed E-state index contributed by atoms with van der Waals surface area (Å²) in [6.45, 7) is 5.12. The van der Waals surface area contributed by atoms with Crippen molar-refractivity contribution in [2.24, 2.45) is 7.05 Å². The van der Waals surface area contributed by atoms with Crippen molar-refractivity contribution in [1.29, 1.82) is 0 Å². The van der Waals surface area contributed by atoms with Gasteiger partial charge in [0.05, 0.1) is 40.0 Å². The van der Waals surface area contributed by atoms with E-state index in [2.05, 4.69) is 51.5 Å². The zero-order chi connectivity index (χ0) is 34.2. The largest absolute Gasteiger partial charge is 0.495 e. The molecule has 0 bridgehead atoms. The number of nitrogens with zero attached hydrogens (tertiary/aromatic N) is 8. The number of ether oxygens (including phenoxy) is 1. The Kier molecular flexibility index (Phi) is 9.80. The number of nitrogens with one attached hydrogen (secondary N) is 2. The highest BCUT2D eigenvalue weighted by atomic mass is 79.9. The SMILES string of the molecule is COc1cc(CN2CCC(N(C)C)C(F)C2)c(-c2cnn(C)c2)cc1Nc1ncc(Br)c(Nc2ccc3nccnc3c2P(C)(C)=O)n1. The Balaban J connectivity index is 1.33. The summed E-state index contributed by atoms with van der Waals surface area (Å²) in [5.74, 6) is 1.37. The molecule has 1 saturated heterocycles. The minimum Gasteiger partial charge on any atom is -0.495 e. The lowest BCUT2D eigenvalue weighted by atomic mass is 9.97. The number of anilines is 4. The molecule has 0 saturated carbocycles. The van der Waals surface area contributed by atoms with Crippen LogP contribution >= 0.6 is 23.1 Å². The molecule has 0 amide bonds. The lowest BCUT2D eigenvalue weighted by Crippen LogP contribution is -2.49. The van der Waals surface area contributed by atoms with E-state index in [1.165, 1.54) is 0 Å². The van der Waals surface area contributed by atoms with Gasteiger partial charge in [0.1, 0.15) is 30.4 Å². The number of fused-ring (bicyclic) bond motifs is 1. The number of hydrogen-bond donors (Lipinski definition) is 2. The van der Waals surface area contributed by atoms with E-state index in [4.69, 9.17) is 9.72 Å². The number of hydrogen-bond acceptors (Lipinski definition) is 11. The van der Waals surface area contributed by atoms with Crippen molar-refractivity contribution in [3.05, 3.63) is 65.3 Å². The van der Waals surface area contributed by atoms with E-state index in [1.807, 2.05) is 62.7 Å². The van der Waals surface area contributed by atoms with Crippen LogP contribution in [0.2, 0.25) is 0 Å². The van der Waals surface area contributed by atoms with Gasteiger partial charge in [0.15, 0.2) is 0 Å². The molecule has 0 spiro atoms. The van der Waals surface area contributed by atoms with Crippen LogP contribution in [0.25, 0.3) is 22.2 Å². The fourth-order valence-corrected chi connectivity index (χ4v) is 7.88. The Labute approximate surface area is 287 Å². The highest BCUT2D eigenvalue weighted by molar-refractivity contribution is 9.10. The molecule has 15 heteroatoms. The summed E-state index contributed by atoms with van der Waals surface area (Å²) in [4.78, 5) is 22.3. The van der Waals surface area contributed by atoms with Crippen LogP contribution in [-0.2, 0) is 18.2 Å². The lowest BCUT2D eigenvalue weighted by molar-refractivity contribution is 0.0545. The predicted molar refractivity (Wildman–Crippen MR) is 192 cm³/mol. The normalized spacial score (nSPS) is 17.2. The number of methoxy groups -OCH3 is 1. The average Bonchev–Trinajstić information content (AvgIpc) is 3.48. The fourth-order valence-electron chi connectivity index (χ4n) is 6.20. The molecule has 0 radical (unpaired) electrons. The van der Waals surface area contributed by atoms with Crippen LogP contribution in [0.3, 0.4) is 0 Å². The van der Waals surface area contributed by atoms with Crippen LogP contribution in [0.4, 0.5) is 27.5 Å². The number of aryl methyl sites for hydroxylation is 1. The number of benzene rings is 2. The van der Waals surface area contributed by atoms with Crippen LogP contribution in [0.1, 0.15) is 12.0 Å². The maximum atomic E-state index is 15.1. The van der Waals surface area contributed by atoms with Crippen molar-refractivity contribution in [3.63, 3.8) is 0 Å². The van der Waals surface area contributed by atoms with Gasteiger partial charge in [-0.15, -0.1) is 0 Å². The van der Waals surface area contributed by atoms with Gasteiger partial charge >= 0.3 is 0 Å². The zero-order valence-electron chi connectivity index (χ0n) is 27.8. The lowest BCUT2D eigenvalue weighted by Gasteiger charge is -2.38. The van der Waals surface area contributed by atoms with E-state index in [1.54, 1.807) is 43.7 Å². The molecular formula is C33H39BrFN10O2P. The monoisotopic (exact) mass is 736 g/mol. The molecule has 2 aromatic carbocycles. The first-order valence-electron chi connectivity index (χ1n) is 15.5. The summed E-state index contributed by atoms with van der Waals surface area (Å²) >= 11 is 3.56. The summed E-state index contributed by atoms with van der Waals surface area (Å²) in [6, 6.07) is 7.57. The molecule has 48 heavy (non-hydrogen) atoms. The zero-order valence-corrected chi connectivity index (χ0v) is 30.3. The molecule has 3 aromatic heterocycles. The smallest absolute Gasteiger partial charge is 0.229 e. The minimum absolute atomic E-state index is 0.0830. The van der Waals surface area contributed by atoms with E-state index < -0.39 is 13.3 Å². The third kappa shape index (κ3) is 7.21. The summed E-state index contributed by atoms with van der Waals surface area (Å²) in [7, 11) is 4.57. The van der Waals surface area contributed by atoms with Crippen molar-refractivity contribution in [2.75, 3.05) is 58.3 Å². The molecule has 6 rings (SSSR count). The van der Waals surface area contributed by atoms with Crippen LogP contribution in [0.15, 0.2) is 59.7 Å². The van der Waals surface area contributed by atoms with Gasteiger partial charge in [-0.1, -0.05) is 0 Å². The molecule has 1 aliphatic rings. The highest BCUT2D eigenvalue weighted by Crippen LogP contribution is 2.42. The third-order valence-corrected chi connectivity index (χ3v) is 10.6. The molecule has 1 aliphatic heterocycles. The molecular weight excluding hydrogens is 698 g/mol. The van der Waals surface area contributed by atoms with Gasteiger partial charge in [0, 0.05) is 63.1 Å². The second-order valence-corrected chi connectivity index (χ2v) is 16.6. The Morgan fingerprint density at radius 3 is 2.58 bits per heavy atom. The maximum Gasteiger partial charge on any atom is 0.229 e. The first-order valence-corrected chi connectivity index (χ1v) is 18.9. The van der Waals surface area contributed by atoms with Gasteiger partial charge in [-0.3, -0.25) is 19.5 Å². The number of likely N-dealkylation sites (tertiary alicyclic amines) is 1. The number of piperidine rings is 1. The fraction of sp³-hybridized carbons (Fsp3) is 0.364. The molecule has 4 heterocycles. The topological polar surface area (TPSA) is 126 Å². The molecule has 5 aromatic rings. The Morgan fingerprint density at radius 2 is 1.90 bits per heavy atom. The molecule has 2 N–H and O–H groups in total. The second kappa shape index (κ2) is 13.9. The maximum absolute atomic E-state index is 15.1. The molecule has 12 nitrogen and oxygen atoms in total. The Bertz CT molecular complexity index is 2000. The van der Waals surface area contributed by atoms with E-state index in [0.29, 0.717) is 62.8 Å². The summed E-state index contributed by atoms with van der Waals surface area (Å²) < 4.78 is 36.8. The minimum atomic E-state index is -2.78. The average molecular weight is 738 g/mol. The number of rotatable bonds is 10. The highest BCUT2D eigenvalue weighted by Gasteiger charge is 2.31. The van der Waals surface area contributed by atoms with Gasteiger partial charge < -0.3 is 24.8 Å². The first kappa shape index (κ1) is 33.9. The van der Waals surface area contributed by atoms with Crippen molar-refractivity contribution in [2.45, 2.75) is 25.2 Å². The van der Waals surface area contributed by atoms with Crippen LogP contribution in [-0.4, -0.2) is 99.4 Å². The van der Waals surface area contributed by atoms with Gasteiger partial charge in [-0.05, 0) is 85.2 Å². The molecule has 2 unspecified atom stereocenters. The van der Waals surface area contributed by atoms with Crippen molar-refractivity contribution >= 4 is 62.6 Å². The van der Waals surface area contributed by atoms with Crippen molar-refractivity contribution in [1.82, 2.24) is 39.5 Å². The molecule has 2 atom stereocenters. The quantitative estimate of drug-likeness (QED) is 0.169. The third-order valence-electron chi connectivity index (χ3n) is 8.49. The molecule has 1 fully saturated rings. The summed E-state index contributed by atoms with van der Waals surface area (Å²) in [5.41, 5.74) is 5.37. The molecule has 252 valence electrons. The Hall–Kier alpha value is -3.97. The number of alkyl halides is 1. The van der Waals surface area contributed by atoms with Crippen LogP contribution in [0.5, 0.6) is 5.75 Å². The summed E-state index contributed by atoms with van der Waals surface area (Å²) in [5, 5.41) is 11.7. The number of halogens is 2. The van der Waals surface area contributed by atoms with Crippen molar-refractivity contribution < 1.29 is 13.7 Å². The first-order chi connectivity index (χ1) is 22.9. The van der Waals surface area contributed by atoms with E-state index in [0.717, 1.165) is 29.7 Å². The van der Waals surface area contributed by atoms with Gasteiger partial charge in [-0.2, -0.15) is 10.1 Å². The van der Waals surface area contributed by atoms with Crippen molar-refractivity contribution in [3.8, 4) is 16.9 Å². The van der Waals surface area contributed by atoms with E-state index in [-0.39, 0.29) is 6.04 Å². The van der Waals surface area contributed by atoms with Crippen LogP contribution in [0, 0.1) is 0 Å².